The third kappa shape index (κ3) is 3.62. The first kappa shape index (κ1) is 19.9. The number of nitrogens with zero attached hydrogens (tertiary/aromatic N) is 3. The molecule has 1 amide bonds. The minimum absolute atomic E-state index is 0.0299. The van der Waals surface area contributed by atoms with E-state index in [4.69, 9.17) is 16.3 Å². The fourth-order valence-electron chi connectivity index (χ4n) is 2.97. The largest absolute Gasteiger partial charge is 0.496 e. The molecule has 0 bridgehead atoms. The predicted molar refractivity (Wildman–Crippen MR) is 109 cm³/mol. The summed E-state index contributed by atoms with van der Waals surface area (Å²) in [5, 5.41) is 0.759. The molecule has 1 N–H and O–H groups in total. The molecule has 3 aromatic rings. The molecule has 3 rings (SSSR count). The molecule has 0 atom stereocenters. The van der Waals surface area contributed by atoms with Crippen molar-refractivity contribution >= 4 is 34.2 Å². The van der Waals surface area contributed by atoms with Crippen LogP contribution < -0.4 is 9.64 Å². The number of methoxy groups -OCH3 is 1. The lowest BCUT2D eigenvalue weighted by atomic mass is 10.1. The topological polar surface area (TPSA) is 61.5 Å². The summed E-state index contributed by atoms with van der Waals surface area (Å²) >= 11 is 6.15. The number of nitrogens with one attached hydrogen (secondary N) is 1. The smallest absolute Gasteiger partial charge is 0.255 e. The highest BCUT2D eigenvalue weighted by molar-refractivity contribution is 6.31. The Kier molecular flexibility index (Phi) is 5.74. The average Bonchev–Trinajstić information content (AvgIpc) is 3.13. The van der Waals surface area contributed by atoms with Crippen LogP contribution in [-0.2, 0) is 6.54 Å². The van der Waals surface area contributed by atoms with Crippen LogP contribution in [0.1, 0.15) is 22.8 Å². The zero-order chi connectivity index (χ0) is 20.4. The van der Waals surface area contributed by atoms with E-state index in [9.17, 15) is 9.18 Å². The van der Waals surface area contributed by atoms with Gasteiger partial charge in [-0.2, -0.15) is 0 Å². The van der Waals surface area contributed by atoms with E-state index in [-0.39, 0.29) is 10.9 Å². The summed E-state index contributed by atoms with van der Waals surface area (Å²) in [6, 6.07) is 4.71. The summed E-state index contributed by atoms with van der Waals surface area (Å²) in [7, 11) is 5.11. The Bertz CT molecular complexity index is 1020. The molecular formula is C20H22ClFN4O2. The number of fused-ring (bicyclic) bond motifs is 1. The van der Waals surface area contributed by atoms with Gasteiger partial charge in [-0.05, 0) is 25.1 Å². The summed E-state index contributed by atoms with van der Waals surface area (Å²) in [4.78, 5) is 23.5. The molecule has 28 heavy (non-hydrogen) atoms. The van der Waals surface area contributed by atoms with Gasteiger partial charge in [0.05, 0.1) is 29.6 Å². The minimum Gasteiger partial charge on any atom is -0.496 e. The predicted octanol–water partition coefficient (Wildman–Crippen LogP) is 4.09. The Balaban J connectivity index is 1.96. The van der Waals surface area contributed by atoms with Crippen LogP contribution in [0.15, 0.2) is 30.6 Å². The zero-order valence-electron chi connectivity index (χ0n) is 16.2. The van der Waals surface area contributed by atoms with Gasteiger partial charge in [-0.1, -0.05) is 11.6 Å². The molecule has 0 spiro atoms. The Morgan fingerprint density at radius 1 is 1.36 bits per heavy atom. The van der Waals surface area contributed by atoms with Crippen LogP contribution in [0.2, 0.25) is 5.02 Å². The number of anilines is 1. The van der Waals surface area contributed by atoms with Gasteiger partial charge in [-0.3, -0.25) is 4.79 Å². The Morgan fingerprint density at radius 2 is 2.11 bits per heavy atom. The van der Waals surface area contributed by atoms with E-state index >= 15 is 0 Å². The highest BCUT2D eigenvalue weighted by Crippen LogP contribution is 2.32. The summed E-state index contributed by atoms with van der Waals surface area (Å²) in [6.45, 7) is 2.84. The maximum Gasteiger partial charge on any atom is 0.255 e. The summed E-state index contributed by atoms with van der Waals surface area (Å²) in [5.41, 5.74) is 2.50. The van der Waals surface area contributed by atoms with Crippen LogP contribution in [0.25, 0.3) is 11.0 Å². The Morgan fingerprint density at radius 3 is 2.79 bits per heavy atom. The normalized spacial score (nSPS) is 10.9. The lowest BCUT2D eigenvalue weighted by molar-refractivity contribution is 0.0804. The fourth-order valence-corrected chi connectivity index (χ4v) is 3.19. The molecule has 1 aromatic carbocycles. The lowest BCUT2D eigenvalue weighted by Crippen LogP contribution is -2.26. The second-order valence-corrected chi connectivity index (χ2v) is 6.89. The van der Waals surface area contributed by atoms with Crippen LogP contribution in [0.3, 0.4) is 0 Å². The molecule has 0 fully saturated rings. The molecule has 8 heteroatoms. The molecule has 0 aliphatic rings. The van der Waals surface area contributed by atoms with Gasteiger partial charge in [0.2, 0.25) is 0 Å². The van der Waals surface area contributed by atoms with E-state index in [0.717, 1.165) is 11.1 Å². The van der Waals surface area contributed by atoms with Gasteiger partial charge in [0, 0.05) is 44.3 Å². The maximum absolute atomic E-state index is 13.9. The number of hydrogen-bond acceptors (Lipinski definition) is 4. The maximum atomic E-state index is 13.9. The standard InChI is InChI=1S/C20H22ClFN4O2/c1-5-25(2)20(27)14-10-24-19-13(14)8-12(9-23-19)26(3)11-15-17(28-4)7-6-16(22)18(15)21/h6-10H,5,11H2,1-4H3,(H,23,24). The van der Waals surface area contributed by atoms with Gasteiger partial charge in [0.1, 0.15) is 17.2 Å². The van der Waals surface area contributed by atoms with Crippen LogP contribution >= 0.6 is 11.6 Å². The van der Waals surface area contributed by atoms with Crippen LogP contribution in [-0.4, -0.2) is 48.5 Å². The van der Waals surface area contributed by atoms with Gasteiger partial charge in [0.15, 0.2) is 0 Å². The number of pyridine rings is 1. The van der Waals surface area contributed by atoms with Crippen molar-refractivity contribution in [2.24, 2.45) is 0 Å². The molecule has 0 aliphatic heterocycles. The number of carbonyl (C=O) groups is 1. The number of amides is 1. The molecule has 0 radical (unpaired) electrons. The van der Waals surface area contributed by atoms with Gasteiger partial charge < -0.3 is 19.5 Å². The van der Waals surface area contributed by atoms with Crippen molar-refractivity contribution in [3.05, 3.63) is 52.6 Å². The van der Waals surface area contributed by atoms with E-state index in [1.54, 1.807) is 30.4 Å². The van der Waals surface area contributed by atoms with E-state index in [0.29, 0.717) is 35.6 Å². The van der Waals surface area contributed by atoms with E-state index in [2.05, 4.69) is 9.97 Å². The summed E-state index contributed by atoms with van der Waals surface area (Å²) < 4.78 is 19.2. The van der Waals surface area contributed by atoms with Crippen LogP contribution in [0.4, 0.5) is 10.1 Å². The number of rotatable bonds is 6. The summed E-state index contributed by atoms with van der Waals surface area (Å²) in [5.74, 6) is -0.0693. The van der Waals surface area contributed by atoms with Crippen molar-refractivity contribution in [2.75, 3.05) is 32.6 Å². The number of aromatic amines is 1. The van der Waals surface area contributed by atoms with E-state index in [1.165, 1.54) is 13.2 Å². The molecule has 148 valence electrons. The molecule has 0 saturated heterocycles. The molecule has 2 heterocycles. The molecule has 6 nitrogen and oxygen atoms in total. The van der Waals surface area contributed by atoms with Crippen molar-refractivity contribution in [3.8, 4) is 5.75 Å². The van der Waals surface area contributed by atoms with E-state index < -0.39 is 5.82 Å². The number of H-pyrrole nitrogens is 1. The highest BCUT2D eigenvalue weighted by Gasteiger charge is 2.18. The third-order valence-corrected chi connectivity index (χ3v) is 5.19. The average molecular weight is 405 g/mol. The number of aromatic nitrogens is 2. The van der Waals surface area contributed by atoms with Crippen molar-refractivity contribution in [2.45, 2.75) is 13.5 Å². The quantitative estimate of drug-likeness (QED) is 0.672. The van der Waals surface area contributed by atoms with Crippen molar-refractivity contribution in [1.29, 1.82) is 0 Å². The number of carbonyl (C=O) groups excluding carboxylic acids is 1. The Labute approximate surface area is 167 Å². The highest BCUT2D eigenvalue weighted by atomic mass is 35.5. The second kappa shape index (κ2) is 8.06. The first-order valence-electron chi connectivity index (χ1n) is 8.82. The molecule has 0 unspecified atom stereocenters. The van der Waals surface area contributed by atoms with Crippen molar-refractivity contribution in [1.82, 2.24) is 14.9 Å². The number of ether oxygens (including phenoxy) is 1. The first-order chi connectivity index (χ1) is 13.4. The first-order valence-corrected chi connectivity index (χ1v) is 9.19. The fraction of sp³-hybridized carbons (Fsp3) is 0.300. The van der Waals surface area contributed by atoms with Gasteiger partial charge >= 0.3 is 0 Å². The molecule has 0 aliphatic carbocycles. The monoisotopic (exact) mass is 404 g/mol. The lowest BCUT2D eigenvalue weighted by Gasteiger charge is -2.21. The van der Waals surface area contributed by atoms with Crippen LogP contribution in [0.5, 0.6) is 5.75 Å². The third-order valence-electron chi connectivity index (χ3n) is 4.78. The molecule has 0 saturated carbocycles. The van der Waals surface area contributed by atoms with Crippen molar-refractivity contribution < 1.29 is 13.9 Å². The number of benzene rings is 1. The van der Waals surface area contributed by atoms with Gasteiger partial charge in [-0.25, -0.2) is 9.37 Å². The molecular weight excluding hydrogens is 383 g/mol. The number of hydrogen-bond donors (Lipinski definition) is 1. The van der Waals surface area contributed by atoms with E-state index in [1.807, 2.05) is 24.9 Å². The molecule has 2 aromatic heterocycles. The Hall–Kier alpha value is -2.80. The zero-order valence-corrected chi connectivity index (χ0v) is 17.0. The van der Waals surface area contributed by atoms with Crippen LogP contribution in [0, 0.1) is 5.82 Å². The SMILES string of the molecule is CCN(C)C(=O)c1c[nH]c2ncc(N(C)Cc3c(OC)ccc(F)c3Cl)cc12. The summed E-state index contributed by atoms with van der Waals surface area (Å²) in [6.07, 6.45) is 3.36. The van der Waals surface area contributed by atoms with Gasteiger partial charge in [-0.15, -0.1) is 0 Å². The van der Waals surface area contributed by atoms with Crippen molar-refractivity contribution in [3.63, 3.8) is 0 Å². The second-order valence-electron chi connectivity index (χ2n) is 6.51. The number of halogens is 2. The minimum atomic E-state index is -0.499. The van der Waals surface area contributed by atoms with Gasteiger partial charge in [0.25, 0.3) is 5.91 Å².